The fraction of sp³-hybridized carbons (Fsp3) is 0.857. The van der Waals surface area contributed by atoms with E-state index in [1.807, 2.05) is 0 Å². The van der Waals surface area contributed by atoms with Crippen LogP contribution in [-0.4, -0.2) is 58.8 Å². The Morgan fingerprint density at radius 3 is 1.84 bits per heavy atom. The Kier molecular flexibility index (Phi) is 7.47. The van der Waals surface area contributed by atoms with Crippen molar-refractivity contribution < 1.29 is 35.3 Å². The molecule has 0 aromatic carbocycles. The lowest BCUT2D eigenvalue weighted by Gasteiger charge is -2.29. The van der Waals surface area contributed by atoms with Crippen LogP contribution in [0.25, 0.3) is 0 Å². The van der Waals surface area contributed by atoms with Gasteiger partial charge in [-0.25, -0.2) is 18.0 Å². The molecule has 1 amide bonds. The van der Waals surface area contributed by atoms with Gasteiger partial charge in [-0.15, -0.1) is 0 Å². The summed E-state index contributed by atoms with van der Waals surface area (Å²) in [5.74, 6) is -1.48. The van der Waals surface area contributed by atoms with Crippen molar-refractivity contribution in [3.63, 3.8) is 0 Å². The topological polar surface area (TPSA) is 133 Å². The predicted molar refractivity (Wildman–Crippen MR) is 92.2 cm³/mol. The Balaban J connectivity index is 5.39. The third-order valence-electron chi connectivity index (χ3n) is 2.62. The molecule has 0 saturated carbocycles. The van der Waals surface area contributed by atoms with Crippen molar-refractivity contribution in [3.8, 4) is 0 Å². The smallest absolute Gasteiger partial charge is 0.408 e. The van der Waals surface area contributed by atoms with Gasteiger partial charge in [-0.2, -0.15) is 8.42 Å². The molecule has 25 heavy (non-hydrogen) atoms. The molecule has 0 aromatic heterocycles. The minimum absolute atomic E-state index is 0.159. The van der Waals surface area contributed by atoms with Gasteiger partial charge in [-0.1, -0.05) is 13.8 Å². The lowest BCUT2D eigenvalue weighted by molar-refractivity contribution is -0.137. The van der Waals surface area contributed by atoms with Gasteiger partial charge in [0.25, 0.3) is 0 Å². The molecule has 0 aromatic rings. The fourth-order valence-corrected chi connectivity index (χ4v) is 4.12. The SMILES string of the molecule is CC(C)(C[C@H](NC(=O)OC(C)(C)C)C(=O)OS(C)(=O)=O)CS(C)(=O)=O. The van der Waals surface area contributed by atoms with E-state index >= 15 is 0 Å². The minimum atomic E-state index is -4.09. The summed E-state index contributed by atoms with van der Waals surface area (Å²) < 4.78 is 54.7. The van der Waals surface area contributed by atoms with E-state index in [0.29, 0.717) is 6.26 Å². The zero-order valence-electron chi connectivity index (χ0n) is 15.6. The summed E-state index contributed by atoms with van der Waals surface area (Å²) in [6.45, 7) is 8.00. The third kappa shape index (κ3) is 12.6. The van der Waals surface area contributed by atoms with E-state index in [2.05, 4.69) is 9.50 Å². The third-order valence-corrected chi connectivity index (χ3v) is 4.39. The van der Waals surface area contributed by atoms with Crippen LogP contribution >= 0.6 is 0 Å². The monoisotopic (exact) mass is 401 g/mol. The summed E-state index contributed by atoms with van der Waals surface area (Å²) in [4.78, 5) is 24.0. The van der Waals surface area contributed by atoms with Gasteiger partial charge in [0.1, 0.15) is 21.5 Å². The van der Waals surface area contributed by atoms with E-state index in [1.165, 1.54) is 0 Å². The van der Waals surface area contributed by atoms with Crippen LogP contribution < -0.4 is 5.32 Å². The number of ether oxygens (including phenoxy) is 1. The maximum Gasteiger partial charge on any atom is 0.408 e. The molecule has 1 N–H and O–H groups in total. The van der Waals surface area contributed by atoms with Crippen LogP contribution in [0.2, 0.25) is 0 Å². The van der Waals surface area contributed by atoms with Gasteiger partial charge in [-0.3, -0.25) is 0 Å². The second-order valence-corrected chi connectivity index (χ2v) is 11.5. The standard InChI is InChI=1S/C14H27NO8S2/c1-13(2,3)22-12(17)15-10(11(16)23-25(7,20)21)8-14(4,5)9-24(6,18)19/h10H,8-9H2,1-7H3,(H,15,17)/t10-/m0/s1. The van der Waals surface area contributed by atoms with Gasteiger partial charge in [0, 0.05) is 6.26 Å². The molecule has 0 aliphatic carbocycles. The van der Waals surface area contributed by atoms with Crippen LogP contribution in [0.1, 0.15) is 41.0 Å². The quantitative estimate of drug-likeness (QED) is 0.621. The Morgan fingerprint density at radius 2 is 1.48 bits per heavy atom. The van der Waals surface area contributed by atoms with Gasteiger partial charge < -0.3 is 14.2 Å². The molecule has 0 spiro atoms. The average molecular weight is 402 g/mol. The molecule has 0 radical (unpaired) electrons. The first-order chi connectivity index (χ1) is 10.8. The molecule has 0 heterocycles. The summed E-state index contributed by atoms with van der Waals surface area (Å²) in [6.07, 6.45) is 0.628. The van der Waals surface area contributed by atoms with Crippen molar-refractivity contribution in [2.45, 2.75) is 52.7 Å². The zero-order chi connectivity index (χ0) is 20.3. The van der Waals surface area contributed by atoms with Gasteiger partial charge in [0.2, 0.25) is 0 Å². The van der Waals surface area contributed by atoms with Crippen LogP contribution in [-0.2, 0) is 33.7 Å². The van der Waals surface area contributed by atoms with Crippen LogP contribution in [0.3, 0.4) is 0 Å². The first kappa shape index (κ1) is 23.6. The van der Waals surface area contributed by atoms with Crippen molar-refractivity contribution in [1.29, 1.82) is 0 Å². The fourth-order valence-electron chi connectivity index (χ4n) is 2.17. The molecule has 11 heteroatoms. The van der Waals surface area contributed by atoms with Crippen molar-refractivity contribution in [1.82, 2.24) is 5.32 Å². The summed E-state index contributed by atoms with van der Waals surface area (Å²) in [5, 5.41) is 2.24. The number of carbonyl (C=O) groups is 2. The van der Waals surface area contributed by atoms with Crippen molar-refractivity contribution >= 4 is 32.0 Å². The highest BCUT2D eigenvalue weighted by Gasteiger charge is 2.35. The maximum atomic E-state index is 12.1. The summed E-state index contributed by atoms with van der Waals surface area (Å²) in [6, 6.07) is -1.39. The molecule has 0 aliphatic rings. The second-order valence-electron chi connectivity index (χ2n) is 7.74. The molecule has 0 bridgehead atoms. The summed E-state index contributed by atoms with van der Waals surface area (Å²) in [7, 11) is -7.45. The number of hydrogen-bond acceptors (Lipinski definition) is 8. The maximum absolute atomic E-state index is 12.1. The lowest BCUT2D eigenvalue weighted by Crippen LogP contribution is -2.47. The molecule has 0 fully saturated rings. The molecule has 0 unspecified atom stereocenters. The van der Waals surface area contributed by atoms with Crippen LogP contribution in [0.15, 0.2) is 0 Å². The molecule has 0 aliphatic heterocycles. The van der Waals surface area contributed by atoms with Crippen molar-refractivity contribution in [2.24, 2.45) is 5.41 Å². The average Bonchev–Trinajstić information content (AvgIpc) is 2.18. The van der Waals surface area contributed by atoms with Crippen molar-refractivity contribution in [3.05, 3.63) is 0 Å². The molecule has 0 saturated heterocycles. The largest absolute Gasteiger partial charge is 0.444 e. The number of alkyl carbamates (subject to hydrolysis) is 1. The minimum Gasteiger partial charge on any atom is -0.444 e. The zero-order valence-corrected chi connectivity index (χ0v) is 17.2. The first-order valence-electron chi connectivity index (χ1n) is 7.40. The number of nitrogens with one attached hydrogen (secondary N) is 1. The number of hydrogen-bond donors (Lipinski definition) is 1. The molecule has 0 rings (SSSR count). The Bertz CT molecular complexity index is 702. The highest BCUT2D eigenvalue weighted by molar-refractivity contribution is 7.90. The number of sulfone groups is 1. The van der Waals surface area contributed by atoms with E-state index in [9.17, 15) is 26.4 Å². The van der Waals surface area contributed by atoms with Gasteiger partial charge in [0.05, 0.1) is 12.0 Å². The Hall–Kier alpha value is -1.36. The molecule has 9 nitrogen and oxygen atoms in total. The number of rotatable bonds is 7. The van der Waals surface area contributed by atoms with Gasteiger partial charge >= 0.3 is 22.2 Å². The van der Waals surface area contributed by atoms with Crippen LogP contribution in [0, 0.1) is 5.41 Å². The Morgan fingerprint density at radius 1 is 1.00 bits per heavy atom. The summed E-state index contributed by atoms with van der Waals surface area (Å²) >= 11 is 0. The highest BCUT2D eigenvalue weighted by atomic mass is 32.2. The van der Waals surface area contributed by atoms with Crippen LogP contribution in [0.4, 0.5) is 4.79 Å². The van der Waals surface area contributed by atoms with Gasteiger partial charge in [-0.05, 0) is 32.6 Å². The molecule has 148 valence electrons. The van der Waals surface area contributed by atoms with Crippen molar-refractivity contribution in [2.75, 3.05) is 18.3 Å². The van der Waals surface area contributed by atoms with Crippen LogP contribution in [0.5, 0.6) is 0 Å². The van der Waals surface area contributed by atoms with E-state index in [1.54, 1.807) is 34.6 Å². The highest BCUT2D eigenvalue weighted by Crippen LogP contribution is 2.25. The number of amides is 1. The van der Waals surface area contributed by atoms with E-state index in [0.717, 1.165) is 6.26 Å². The van der Waals surface area contributed by atoms with Gasteiger partial charge in [0.15, 0.2) is 0 Å². The second kappa shape index (κ2) is 7.90. The Labute approximate surface area is 149 Å². The predicted octanol–water partition coefficient (Wildman–Crippen LogP) is 0.843. The molecular weight excluding hydrogens is 374 g/mol. The first-order valence-corrected chi connectivity index (χ1v) is 11.3. The number of carbonyl (C=O) groups excluding carboxylic acids is 2. The van der Waals surface area contributed by atoms with E-state index in [4.69, 9.17) is 4.74 Å². The molecular formula is C14H27NO8S2. The van der Waals surface area contributed by atoms with E-state index < -0.39 is 49.1 Å². The lowest BCUT2D eigenvalue weighted by atomic mass is 9.88. The van der Waals surface area contributed by atoms with E-state index in [-0.39, 0.29) is 12.2 Å². The normalized spacial score (nSPS) is 14.5. The summed E-state index contributed by atoms with van der Waals surface area (Å²) in [5.41, 5.74) is -1.76. The molecule has 1 atom stereocenters.